The van der Waals surface area contributed by atoms with Gasteiger partial charge in [-0.1, -0.05) is 12.1 Å². The van der Waals surface area contributed by atoms with Crippen LogP contribution in [-0.2, 0) is 16.0 Å². The van der Waals surface area contributed by atoms with Gasteiger partial charge in [0.1, 0.15) is 0 Å². The molecule has 0 aliphatic heterocycles. The Morgan fingerprint density at radius 3 is 2.60 bits per heavy atom. The molecular weight excluding hydrogens is 278 g/mol. The Labute approximate surface area is 122 Å². The number of carboxylic acid groups (broad SMARTS) is 1. The van der Waals surface area contributed by atoms with Gasteiger partial charge in [0, 0.05) is 19.4 Å². The smallest absolute Gasteiger partial charge is 0.335 e. The lowest BCUT2D eigenvalue weighted by Crippen LogP contribution is -2.27. The monoisotopic (exact) mass is 297 g/mol. The zero-order chi connectivity index (χ0) is 14.8. The number of carbonyl (C=O) groups is 2. The Balaban J connectivity index is 2.20. The van der Waals surface area contributed by atoms with E-state index in [9.17, 15) is 9.59 Å². The molecule has 0 aromatic heterocycles. The lowest BCUT2D eigenvalue weighted by atomic mass is 10.1. The highest BCUT2D eigenvalue weighted by Crippen LogP contribution is 2.05. The standard InChI is InChI=1S/C14H19NO4S/c1-19-8-9-20-10-13(16)15-7-6-11-2-4-12(5-3-11)14(17)18/h2-5H,6-10H2,1H3,(H,15,16)(H,17,18). The van der Waals surface area contributed by atoms with Gasteiger partial charge in [0.25, 0.3) is 0 Å². The minimum Gasteiger partial charge on any atom is -0.478 e. The van der Waals surface area contributed by atoms with Crippen molar-refractivity contribution in [3.8, 4) is 0 Å². The number of amides is 1. The third-order valence-corrected chi connectivity index (χ3v) is 3.52. The molecule has 5 nitrogen and oxygen atoms in total. The quantitative estimate of drug-likeness (QED) is 0.674. The minimum absolute atomic E-state index is 0.00765. The summed E-state index contributed by atoms with van der Waals surface area (Å²) in [5, 5.41) is 11.6. The molecule has 0 aliphatic rings. The van der Waals surface area contributed by atoms with Gasteiger partial charge in [-0.15, -0.1) is 11.8 Å². The van der Waals surface area contributed by atoms with Gasteiger partial charge < -0.3 is 15.2 Å². The van der Waals surface area contributed by atoms with Gasteiger partial charge in [-0.3, -0.25) is 4.79 Å². The molecule has 0 fully saturated rings. The second-order valence-electron chi connectivity index (χ2n) is 4.15. The first kappa shape index (κ1) is 16.5. The number of nitrogens with one attached hydrogen (secondary N) is 1. The van der Waals surface area contributed by atoms with Gasteiger partial charge in [0.05, 0.1) is 17.9 Å². The Bertz CT molecular complexity index is 433. The summed E-state index contributed by atoms with van der Waals surface area (Å²) < 4.78 is 4.89. The van der Waals surface area contributed by atoms with E-state index in [1.54, 1.807) is 31.4 Å². The number of thioether (sulfide) groups is 1. The van der Waals surface area contributed by atoms with Crippen LogP contribution in [0, 0.1) is 0 Å². The van der Waals surface area contributed by atoms with Gasteiger partial charge >= 0.3 is 5.97 Å². The molecule has 110 valence electrons. The second-order valence-corrected chi connectivity index (χ2v) is 5.25. The van der Waals surface area contributed by atoms with Crippen molar-refractivity contribution in [2.24, 2.45) is 0 Å². The highest BCUT2D eigenvalue weighted by molar-refractivity contribution is 7.99. The van der Waals surface area contributed by atoms with Gasteiger partial charge in [0.2, 0.25) is 5.91 Å². The van der Waals surface area contributed by atoms with Crippen LogP contribution in [0.4, 0.5) is 0 Å². The highest BCUT2D eigenvalue weighted by Gasteiger charge is 2.03. The van der Waals surface area contributed by atoms with Crippen LogP contribution < -0.4 is 5.32 Å². The number of hydrogen-bond acceptors (Lipinski definition) is 4. The third kappa shape index (κ3) is 6.58. The molecule has 0 bridgehead atoms. The normalized spacial score (nSPS) is 10.2. The average molecular weight is 297 g/mol. The number of carboxylic acids is 1. The van der Waals surface area contributed by atoms with E-state index in [1.807, 2.05) is 0 Å². The van der Waals surface area contributed by atoms with Crippen LogP contribution >= 0.6 is 11.8 Å². The molecule has 1 aromatic rings. The topological polar surface area (TPSA) is 75.6 Å². The fourth-order valence-electron chi connectivity index (χ4n) is 1.52. The Kier molecular flexibility index (Phi) is 7.75. The van der Waals surface area contributed by atoms with E-state index in [1.165, 1.54) is 11.8 Å². The number of rotatable bonds is 9. The van der Waals surface area contributed by atoms with Crippen LogP contribution in [0.25, 0.3) is 0 Å². The first-order valence-electron chi connectivity index (χ1n) is 6.29. The largest absolute Gasteiger partial charge is 0.478 e. The first-order valence-corrected chi connectivity index (χ1v) is 7.44. The average Bonchev–Trinajstić information content (AvgIpc) is 2.44. The molecule has 0 atom stereocenters. The lowest BCUT2D eigenvalue weighted by Gasteiger charge is -2.05. The van der Waals surface area contributed by atoms with Crippen LogP contribution in [0.5, 0.6) is 0 Å². The van der Waals surface area contributed by atoms with E-state index < -0.39 is 5.97 Å². The van der Waals surface area contributed by atoms with Crippen molar-refractivity contribution in [1.29, 1.82) is 0 Å². The summed E-state index contributed by atoms with van der Waals surface area (Å²) in [5.74, 6) is 0.313. The van der Waals surface area contributed by atoms with Crippen LogP contribution in [0.1, 0.15) is 15.9 Å². The summed E-state index contributed by atoms with van der Waals surface area (Å²) in [5.41, 5.74) is 1.27. The molecule has 0 saturated heterocycles. The van der Waals surface area contributed by atoms with Crippen molar-refractivity contribution < 1.29 is 19.4 Å². The SMILES string of the molecule is COCCSCC(=O)NCCc1ccc(C(=O)O)cc1. The van der Waals surface area contributed by atoms with E-state index in [2.05, 4.69) is 5.32 Å². The number of methoxy groups -OCH3 is 1. The summed E-state index contributed by atoms with van der Waals surface area (Å²) in [6.07, 6.45) is 0.689. The molecule has 0 saturated carbocycles. The number of hydrogen-bond donors (Lipinski definition) is 2. The Morgan fingerprint density at radius 1 is 1.30 bits per heavy atom. The highest BCUT2D eigenvalue weighted by atomic mass is 32.2. The van der Waals surface area contributed by atoms with E-state index in [0.717, 1.165) is 11.3 Å². The number of ether oxygens (including phenoxy) is 1. The van der Waals surface area contributed by atoms with Crippen LogP contribution in [0.3, 0.4) is 0 Å². The molecule has 1 amide bonds. The molecule has 0 aliphatic carbocycles. The molecule has 0 spiro atoms. The van der Waals surface area contributed by atoms with Gasteiger partial charge in [-0.25, -0.2) is 4.79 Å². The van der Waals surface area contributed by atoms with Gasteiger partial charge in [0.15, 0.2) is 0 Å². The fraction of sp³-hybridized carbons (Fsp3) is 0.429. The summed E-state index contributed by atoms with van der Waals surface area (Å²) >= 11 is 1.54. The third-order valence-electron chi connectivity index (χ3n) is 2.60. The van der Waals surface area contributed by atoms with Crippen molar-refractivity contribution in [3.63, 3.8) is 0 Å². The van der Waals surface area contributed by atoms with Crippen LogP contribution in [-0.4, -0.2) is 48.8 Å². The van der Waals surface area contributed by atoms with E-state index in [4.69, 9.17) is 9.84 Å². The molecule has 2 N–H and O–H groups in total. The maximum Gasteiger partial charge on any atom is 0.335 e. The maximum atomic E-state index is 11.5. The first-order chi connectivity index (χ1) is 9.63. The molecule has 0 radical (unpaired) electrons. The van der Waals surface area contributed by atoms with E-state index in [-0.39, 0.29) is 11.5 Å². The molecular formula is C14H19NO4S. The summed E-state index contributed by atoms with van der Waals surface area (Å²) in [6.45, 7) is 1.20. The fourth-order valence-corrected chi connectivity index (χ4v) is 2.23. The van der Waals surface area contributed by atoms with Crippen LogP contribution in [0.2, 0.25) is 0 Å². The van der Waals surface area contributed by atoms with Crippen molar-refractivity contribution >= 4 is 23.6 Å². The molecule has 6 heteroatoms. The molecule has 0 heterocycles. The van der Waals surface area contributed by atoms with Crippen molar-refractivity contribution in [2.75, 3.05) is 31.8 Å². The predicted molar refractivity (Wildman–Crippen MR) is 79.3 cm³/mol. The lowest BCUT2D eigenvalue weighted by molar-refractivity contribution is -0.118. The summed E-state index contributed by atoms with van der Waals surface area (Å²) in [4.78, 5) is 22.2. The van der Waals surface area contributed by atoms with Gasteiger partial charge in [-0.2, -0.15) is 0 Å². The molecule has 1 aromatic carbocycles. The molecule has 0 unspecified atom stereocenters. The minimum atomic E-state index is -0.932. The summed E-state index contributed by atoms with van der Waals surface area (Å²) in [6, 6.07) is 6.67. The van der Waals surface area contributed by atoms with Crippen molar-refractivity contribution in [1.82, 2.24) is 5.32 Å². The zero-order valence-corrected chi connectivity index (χ0v) is 12.2. The van der Waals surface area contributed by atoms with Crippen LogP contribution in [0.15, 0.2) is 24.3 Å². The number of benzene rings is 1. The zero-order valence-electron chi connectivity index (χ0n) is 11.4. The van der Waals surface area contributed by atoms with E-state index >= 15 is 0 Å². The maximum absolute atomic E-state index is 11.5. The Morgan fingerprint density at radius 2 is 2.00 bits per heavy atom. The Hall–Kier alpha value is -1.53. The van der Waals surface area contributed by atoms with Gasteiger partial charge in [-0.05, 0) is 24.1 Å². The molecule has 20 heavy (non-hydrogen) atoms. The van der Waals surface area contributed by atoms with Crippen molar-refractivity contribution in [3.05, 3.63) is 35.4 Å². The van der Waals surface area contributed by atoms with E-state index in [0.29, 0.717) is 25.3 Å². The number of aromatic carboxylic acids is 1. The molecule has 1 rings (SSSR count). The number of carbonyl (C=O) groups excluding carboxylic acids is 1. The van der Waals surface area contributed by atoms with Crippen molar-refractivity contribution in [2.45, 2.75) is 6.42 Å². The summed E-state index contributed by atoms with van der Waals surface area (Å²) in [7, 11) is 1.64. The second kappa shape index (κ2) is 9.39. The predicted octanol–water partition coefficient (Wildman–Crippen LogP) is 1.42.